The quantitative estimate of drug-likeness (QED) is 0.0385. The number of hydrogen-bond donors (Lipinski definition) is 7. The molecule has 3 amide bonds. The zero-order valence-corrected chi connectivity index (χ0v) is 44.6. The Bertz CT molecular complexity index is 2820. The summed E-state index contributed by atoms with van der Waals surface area (Å²) in [4.78, 5) is 145. The average molecular weight is 1060 g/mol. The number of aromatic nitrogens is 4. The molecule has 8 bridgehead atoms. The summed E-state index contributed by atoms with van der Waals surface area (Å²) in [7, 11) is 6.59. The number of esters is 1. The summed E-state index contributed by atoms with van der Waals surface area (Å²) in [5.74, 6) is -4.44. The molecule has 0 saturated carbocycles. The van der Waals surface area contributed by atoms with E-state index in [2.05, 4.69) is 32.8 Å². The summed E-state index contributed by atoms with van der Waals surface area (Å²) < 4.78 is 5.23. The Morgan fingerprint density at radius 2 is 1.36 bits per heavy atom. The SMILES string of the molecule is CC[C@@H]1Cc2cc3[nH]c(cc4nc(c(CC(=O)OC)c5[nH]c(cc1n2)c(C)c5C(=O)NCCCNC(=O)CN(CCN(CCN(C)C)CC(=O)O)CC(=O)O)[C@@H](CCC(=O)NC)C4C)c(C)c3C(C)=O.O=C=O.O=C=O. The predicted molar refractivity (Wildman–Crippen MR) is 274 cm³/mol. The molecule has 5 rings (SSSR count). The van der Waals surface area contributed by atoms with Gasteiger partial charge >= 0.3 is 30.2 Å². The number of ether oxygens (including phenoxy) is 1. The Balaban J connectivity index is 0.00000242. The lowest BCUT2D eigenvalue weighted by atomic mass is 9.85. The van der Waals surface area contributed by atoms with Gasteiger partial charge in [0, 0.05) is 110 Å². The van der Waals surface area contributed by atoms with Crippen molar-refractivity contribution in [1.29, 1.82) is 0 Å². The molecule has 0 fully saturated rings. The lowest BCUT2D eigenvalue weighted by Crippen LogP contribution is -2.45. The largest absolute Gasteiger partial charge is 0.480 e. The molecule has 0 spiro atoms. The maximum atomic E-state index is 14.6. The van der Waals surface area contributed by atoms with Crippen molar-refractivity contribution in [2.45, 2.75) is 90.9 Å². The van der Waals surface area contributed by atoms with Crippen molar-refractivity contribution in [1.82, 2.24) is 50.6 Å². The third-order valence-corrected chi connectivity index (χ3v) is 13.2. The number of amides is 3. The molecule has 2 aliphatic heterocycles. The molecule has 0 aliphatic carbocycles. The number of fused-ring (bicyclic) bond motifs is 8. The van der Waals surface area contributed by atoms with Crippen LogP contribution in [-0.4, -0.2) is 186 Å². The minimum atomic E-state index is -1.13. The van der Waals surface area contributed by atoms with Crippen LogP contribution in [0.1, 0.15) is 124 Å². The molecule has 1 unspecified atom stereocenters. The molecule has 0 radical (unpaired) electrons. The second-order valence-corrected chi connectivity index (χ2v) is 18.7. The van der Waals surface area contributed by atoms with Crippen molar-refractivity contribution < 1.29 is 67.7 Å². The molecule has 7 N–H and O–H groups in total. The molecular weight excluding hydrogens is 989 g/mol. The molecule has 412 valence electrons. The van der Waals surface area contributed by atoms with Crippen LogP contribution < -0.4 is 16.0 Å². The summed E-state index contributed by atoms with van der Waals surface area (Å²) in [5.41, 5.74) is 7.67. The predicted octanol–water partition coefficient (Wildman–Crippen LogP) is 2.40. The van der Waals surface area contributed by atoms with Gasteiger partial charge in [0.2, 0.25) is 11.8 Å². The summed E-state index contributed by atoms with van der Waals surface area (Å²) in [6, 6.07) is 5.76. The van der Waals surface area contributed by atoms with E-state index in [0.717, 1.165) is 23.4 Å². The van der Waals surface area contributed by atoms with Gasteiger partial charge in [0.25, 0.3) is 5.91 Å². The van der Waals surface area contributed by atoms with Crippen molar-refractivity contribution in [3.05, 3.63) is 68.8 Å². The van der Waals surface area contributed by atoms with Gasteiger partial charge in [-0.3, -0.25) is 53.3 Å². The summed E-state index contributed by atoms with van der Waals surface area (Å²) in [6.07, 6.45) is 2.50. The lowest BCUT2D eigenvalue weighted by Gasteiger charge is -2.26. The number of nitrogens with zero attached hydrogens (tertiary/aromatic N) is 5. The normalized spacial score (nSPS) is 14.6. The number of methoxy groups -OCH3 is 1. The first-order valence-corrected chi connectivity index (χ1v) is 24.7. The van der Waals surface area contributed by atoms with Crippen molar-refractivity contribution in [2.75, 3.05) is 87.2 Å². The average Bonchev–Trinajstić information content (AvgIpc) is 4.08. The minimum Gasteiger partial charge on any atom is -0.480 e. The van der Waals surface area contributed by atoms with Crippen LogP contribution in [-0.2, 0) is 60.7 Å². The van der Waals surface area contributed by atoms with E-state index in [1.54, 1.807) is 11.9 Å². The Morgan fingerprint density at radius 1 is 0.776 bits per heavy atom. The first-order chi connectivity index (χ1) is 36.1. The number of carbonyl (C=O) groups excluding carboxylic acids is 9. The van der Waals surface area contributed by atoms with Gasteiger partial charge in [-0.15, -0.1) is 0 Å². The molecule has 2 aliphatic rings. The van der Waals surface area contributed by atoms with Crippen LogP contribution in [0.15, 0.2) is 18.2 Å². The van der Waals surface area contributed by atoms with Crippen LogP contribution in [0, 0.1) is 13.8 Å². The van der Waals surface area contributed by atoms with E-state index in [0.29, 0.717) is 82.5 Å². The number of Topliss-reactive ketones (excluding diaryl/α,β-unsaturated/α-hetero) is 1. The van der Waals surface area contributed by atoms with E-state index < -0.39 is 36.3 Å². The van der Waals surface area contributed by atoms with Crippen LogP contribution >= 0.6 is 0 Å². The second-order valence-electron chi connectivity index (χ2n) is 18.7. The molecular formula is C52H70N10O14. The maximum Gasteiger partial charge on any atom is 0.373 e. The Morgan fingerprint density at radius 3 is 1.95 bits per heavy atom. The highest BCUT2D eigenvalue weighted by atomic mass is 16.5. The van der Waals surface area contributed by atoms with Gasteiger partial charge in [0.1, 0.15) is 0 Å². The molecule has 3 aromatic heterocycles. The topological polar surface area (TPSA) is 341 Å². The van der Waals surface area contributed by atoms with E-state index in [9.17, 15) is 43.8 Å². The summed E-state index contributed by atoms with van der Waals surface area (Å²) in [5, 5.41) is 27.4. The van der Waals surface area contributed by atoms with Crippen molar-refractivity contribution in [3.8, 4) is 0 Å². The lowest BCUT2D eigenvalue weighted by molar-refractivity contribution is -0.193. The molecule has 0 saturated heterocycles. The zero-order valence-electron chi connectivity index (χ0n) is 44.6. The standard InChI is InChI=1S/C50H70N10O10.2CO2/c1-10-32-20-33-21-40-46(31(5)61)29(3)37(55-40)23-36-28(2)34(12-13-41(62)51-6)48(56-36)35(22-45(68)70-9)49-47(30(4)38(57-49)24-39(32)54-33)50(69)53-15-11-14-52-42(63)25-60(27-44(66)67)19-18-59(26-43(64)65)17-16-58(7)8;2*2-1-3/h21,23-24,28,32,34,55,57H,10-20,22,25-27H2,1-9H3,(H,51,62)(H,52,63)(H,53,69)(H,64,65)(H,66,67);;/t28?,32-,34+;;/m1../s1. The van der Waals surface area contributed by atoms with Gasteiger partial charge in [0.15, 0.2) is 5.78 Å². The number of carboxylic acid groups (broad SMARTS) is 2. The fourth-order valence-electron chi connectivity index (χ4n) is 9.23. The van der Waals surface area contributed by atoms with Crippen LogP contribution in [0.5, 0.6) is 0 Å². The first-order valence-electron chi connectivity index (χ1n) is 24.7. The van der Waals surface area contributed by atoms with E-state index in [-0.39, 0.29) is 99.4 Å². The monoisotopic (exact) mass is 1060 g/mol. The number of carboxylic acids is 2. The Kier molecular flexibility index (Phi) is 25.2. The molecule has 0 aromatic carbocycles. The number of aliphatic carboxylic acids is 2. The number of rotatable bonds is 24. The van der Waals surface area contributed by atoms with Crippen LogP contribution in [0.2, 0.25) is 0 Å². The van der Waals surface area contributed by atoms with E-state index in [1.807, 2.05) is 58.0 Å². The molecule has 3 aromatic rings. The highest BCUT2D eigenvalue weighted by Crippen LogP contribution is 2.43. The smallest absolute Gasteiger partial charge is 0.373 e. The number of ketones is 1. The van der Waals surface area contributed by atoms with Gasteiger partial charge in [-0.1, -0.05) is 13.8 Å². The number of aryl methyl sites for hydroxylation is 2. The molecule has 5 heterocycles. The number of H-pyrrole nitrogens is 2. The Labute approximate surface area is 439 Å². The third kappa shape index (κ3) is 18.0. The number of aromatic amines is 2. The fourth-order valence-corrected chi connectivity index (χ4v) is 9.23. The highest BCUT2D eigenvalue weighted by molar-refractivity contribution is 6.06. The van der Waals surface area contributed by atoms with Gasteiger partial charge in [-0.25, -0.2) is 0 Å². The first kappa shape index (κ1) is 62.5. The number of hydrogen-bond acceptors (Lipinski definition) is 17. The van der Waals surface area contributed by atoms with E-state index in [4.69, 9.17) is 33.9 Å². The van der Waals surface area contributed by atoms with Crippen LogP contribution in [0.4, 0.5) is 0 Å². The van der Waals surface area contributed by atoms with Crippen LogP contribution in [0.25, 0.3) is 22.1 Å². The molecule has 24 heteroatoms. The van der Waals surface area contributed by atoms with Gasteiger partial charge in [-0.2, -0.15) is 19.2 Å². The van der Waals surface area contributed by atoms with Crippen molar-refractivity contribution in [3.63, 3.8) is 0 Å². The van der Waals surface area contributed by atoms with E-state index >= 15 is 0 Å². The summed E-state index contributed by atoms with van der Waals surface area (Å²) in [6.45, 7) is 10.2. The minimum absolute atomic E-state index is 0.0313. The fraction of sp³-hybridized carbons (Fsp3) is 0.519. The molecule has 76 heavy (non-hydrogen) atoms. The zero-order chi connectivity index (χ0) is 56.8. The third-order valence-electron chi connectivity index (χ3n) is 13.2. The molecule has 3 atom stereocenters. The highest BCUT2D eigenvalue weighted by Gasteiger charge is 2.34. The van der Waals surface area contributed by atoms with Gasteiger partial charge in [-0.05, 0) is 89.9 Å². The summed E-state index contributed by atoms with van der Waals surface area (Å²) >= 11 is 0. The van der Waals surface area contributed by atoms with Gasteiger partial charge in [0.05, 0.1) is 55.5 Å². The second kappa shape index (κ2) is 30.6. The van der Waals surface area contributed by atoms with Crippen LogP contribution in [0.3, 0.4) is 0 Å². The number of carbonyl (C=O) groups is 7. The van der Waals surface area contributed by atoms with Crippen molar-refractivity contribution in [2.24, 2.45) is 0 Å². The van der Waals surface area contributed by atoms with E-state index in [1.165, 1.54) is 18.9 Å². The number of nitrogens with one attached hydrogen (secondary N) is 5. The Hall–Kier alpha value is -7.75. The maximum absolute atomic E-state index is 14.6. The van der Waals surface area contributed by atoms with Gasteiger partial charge < -0.3 is 45.8 Å². The molecule has 24 nitrogen and oxygen atoms in total. The van der Waals surface area contributed by atoms with Crippen molar-refractivity contribution >= 4 is 75.8 Å². The number of likely N-dealkylation sites (N-methyl/N-ethyl adjacent to an activating group) is 1.